The van der Waals surface area contributed by atoms with Crippen molar-refractivity contribution in [2.24, 2.45) is 0 Å². The number of hydrogen-bond acceptors (Lipinski definition) is 5. The summed E-state index contributed by atoms with van der Waals surface area (Å²) in [4.78, 5) is 12.0. The average Bonchev–Trinajstić information content (AvgIpc) is 2.49. The topological polar surface area (TPSA) is 110 Å². The molecule has 0 unspecified atom stereocenters. The molecule has 0 aromatic heterocycles. The first-order chi connectivity index (χ1) is 10.7. The van der Waals surface area contributed by atoms with Crippen molar-refractivity contribution >= 4 is 5.91 Å². The van der Waals surface area contributed by atoms with Crippen molar-refractivity contribution < 1.29 is 25.2 Å². The van der Waals surface area contributed by atoms with Crippen LogP contribution in [0.2, 0.25) is 0 Å². The molecule has 0 bridgehead atoms. The molecule has 0 saturated heterocycles. The third-order valence-corrected chi connectivity index (χ3v) is 3.45. The fourth-order valence-corrected chi connectivity index (χ4v) is 2.05. The Balaban J connectivity index is 2.05. The SMILES string of the molecule is CC(C)(O)c1ccc(CNC(=O)c2cc(O)c(O)c(O)c2)cc1. The summed E-state index contributed by atoms with van der Waals surface area (Å²) in [5, 5.41) is 40.6. The van der Waals surface area contributed by atoms with Gasteiger partial charge in [-0.15, -0.1) is 0 Å². The highest BCUT2D eigenvalue weighted by Gasteiger charge is 2.16. The molecule has 0 heterocycles. The number of aliphatic hydroxyl groups is 1. The highest BCUT2D eigenvalue weighted by molar-refractivity contribution is 5.95. The molecule has 2 rings (SSSR count). The number of phenolic OH excluding ortho intramolecular Hbond substituents is 3. The summed E-state index contributed by atoms with van der Waals surface area (Å²) in [6.45, 7) is 3.62. The fourth-order valence-electron chi connectivity index (χ4n) is 2.05. The van der Waals surface area contributed by atoms with Gasteiger partial charge in [-0.3, -0.25) is 4.79 Å². The van der Waals surface area contributed by atoms with Gasteiger partial charge in [0, 0.05) is 12.1 Å². The second kappa shape index (κ2) is 6.18. The van der Waals surface area contributed by atoms with E-state index in [1.165, 1.54) is 0 Å². The zero-order chi connectivity index (χ0) is 17.2. The van der Waals surface area contributed by atoms with Crippen molar-refractivity contribution in [2.45, 2.75) is 26.0 Å². The predicted octanol–water partition coefficient (Wildman–Crippen LogP) is 1.96. The molecule has 122 valence electrons. The van der Waals surface area contributed by atoms with E-state index >= 15 is 0 Å². The summed E-state index contributed by atoms with van der Waals surface area (Å²) in [5.74, 6) is -2.29. The molecule has 0 aliphatic rings. The molecule has 2 aromatic rings. The smallest absolute Gasteiger partial charge is 0.251 e. The average molecular weight is 317 g/mol. The highest BCUT2D eigenvalue weighted by atomic mass is 16.3. The maximum Gasteiger partial charge on any atom is 0.251 e. The molecule has 23 heavy (non-hydrogen) atoms. The second-order valence-corrected chi connectivity index (χ2v) is 5.80. The number of rotatable bonds is 4. The van der Waals surface area contributed by atoms with Crippen LogP contribution in [0.3, 0.4) is 0 Å². The molecule has 0 aliphatic carbocycles. The van der Waals surface area contributed by atoms with Crippen LogP contribution in [-0.2, 0) is 12.1 Å². The van der Waals surface area contributed by atoms with Gasteiger partial charge in [0.05, 0.1) is 5.60 Å². The van der Waals surface area contributed by atoms with Gasteiger partial charge in [-0.25, -0.2) is 0 Å². The maximum absolute atomic E-state index is 12.0. The Kier molecular flexibility index (Phi) is 4.47. The summed E-state index contributed by atoms with van der Waals surface area (Å²) in [7, 11) is 0. The molecule has 5 N–H and O–H groups in total. The van der Waals surface area contributed by atoms with Gasteiger partial charge in [-0.2, -0.15) is 0 Å². The molecular weight excluding hydrogens is 298 g/mol. The van der Waals surface area contributed by atoms with Crippen molar-refractivity contribution in [2.75, 3.05) is 0 Å². The first kappa shape index (κ1) is 16.6. The van der Waals surface area contributed by atoms with Crippen LogP contribution in [0, 0.1) is 0 Å². The molecule has 0 atom stereocenters. The summed E-state index contributed by atoms with van der Waals surface area (Å²) < 4.78 is 0. The Morgan fingerprint density at radius 2 is 1.57 bits per heavy atom. The number of hydrogen-bond donors (Lipinski definition) is 5. The minimum atomic E-state index is -0.928. The van der Waals surface area contributed by atoms with Gasteiger partial charge >= 0.3 is 0 Å². The lowest BCUT2D eigenvalue weighted by atomic mass is 9.97. The third-order valence-electron chi connectivity index (χ3n) is 3.45. The van der Waals surface area contributed by atoms with E-state index in [1.807, 2.05) is 0 Å². The summed E-state index contributed by atoms with van der Waals surface area (Å²) in [6.07, 6.45) is 0. The summed E-state index contributed by atoms with van der Waals surface area (Å²) in [5.41, 5.74) is 0.702. The van der Waals surface area contributed by atoms with Crippen molar-refractivity contribution in [1.29, 1.82) is 0 Å². The first-order valence-corrected chi connectivity index (χ1v) is 7.03. The van der Waals surface area contributed by atoms with Gasteiger partial charge in [-0.05, 0) is 37.1 Å². The number of amides is 1. The molecule has 0 radical (unpaired) electrons. The lowest BCUT2D eigenvalue weighted by molar-refractivity contribution is 0.0785. The lowest BCUT2D eigenvalue weighted by Crippen LogP contribution is -2.23. The minimum Gasteiger partial charge on any atom is -0.504 e. The fraction of sp³-hybridized carbons (Fsp3) is 0.235. The zero-order valence-corrected chi connectivity index (χ0v) is 12.9. The standard InChI is InChI=1S/C17H19NO5/c1-17(2,23)12-5-3-10(4-6-12)9-18-16(22)11-7-13(19)15(21)14(20)8-11/h3-8,19-21,23H,9H2,1-2H3,(H,18,22). The quantitative estimate of drug-likeness (QED) is 0.554. The van der Waals surface area contributed by atoms with Crippen molar-refractivity contribution in [3.8, 4) is 17.2 Å². The second-order valence-electron chi connectivity index (χ2n) is 5.80. The molecular formula is C17H19NO5. The largest absolute Gasteiger partial charge is 0.504 e. The van der Waals surface area contributed by atoms with Crippen LogP contribution in [-0.4, -0.2) is 26.3 Å². The van der Waals surface area contributed by atoms with Crippen molar-refractivity contribution in [1.82, 2.24) is 5.32 Å². The zero-order valence-electron chi connectivity index (χ0n) is 12.9. The predicted molar refractivity (Wildman–Crippen MR) is 84.3 cm³/mol. The highest BCUT2D eigenvalue weighted by Crippen LogP contribution is 2.35. The first-order valence-electron chi connectivity index (χ1n) is 7.03. The molecule has 6 heteroatoms. The van der Waals surface area contributed by atoms with E-state index in [4.69, 9.17) is 0 Å². The summed E-state index contributed by atoms with van der Waals surface area (Å²) in [6, 6.07) is 9.28. The Morgan fingerprint density at radius 1 is 1.04 bits per heavy atom. The van der Waals surface area contributed by atoms with Crippen LogP contribution in [0.5, 0.6) is 17.2 Å². The van der Waals surface area contributed by atoms with E-state index in [0.717, 1.165) is 23.3 Å². The van der Waals surface area contributed by atoms with Crippen molar-refractivity contribution in [3.05, 3.63) is 53.1 Å². The Hall–Kier alpha value is -2.73. The van der Waals surface area contributed by atoms with Crippen LogP contribution >= 0.6 is 0 Å². The van der Waals surface area contributed by atoms with Gasteiger partial charge in [0.2, 0.25) is 0 Å². The van der Waals surface area contributed by atoms with Gasteiger partial charge in [0.1, 0.15) is 0 Å². The van der Waals surface area contributed by atoms with Gasteiger partial charge in [0.15, 0.2) is 17.2 Å². The van der Waals surface area contributed by atoms with Crippen LogP contribution in [0.1, 0.15) is 35.3 Å². The van der Waals surface area contributed by atoms with E-state index in [9.17, 15) is 25.2 Å². The number of phenols is 3. The van der Waals surface area contributed by atoms with Crippen LogP contribution in [0.15, 0.2) is 36.4 Å². The third kappa shape index (κ3) is 3.92. The number of carbonyl (C=O) groups excluding carboxylic acids is 1. The molecule has 1 amide bonds. The number of carbonyl (C=O) groups is 1. The van der Waals surface area contributed by atoms with E-state index in [2.05, 4.69) is 5.32 Å². The lowest BCUT2D eigenvalue weighted by Gasteiger charge is -2.18. The van der Waals surface area contributed by atoms with E-state index in [0.29, 0.717) is 0 Å². The number of benzene rings is 2. The van der Waals surface area contributed by atoms with Crippen LogP contribution in [0.25, 0.3) is 0 Å². The van der Waals surface area contributed by atoms with Crippen LogP contribution in [0.4, 0.5) is 0 Å². The molecule has 0 fully saturated rings. The molecule has 0 spiro atoms. The van der Waals surface area contributed by atoms with E-state index < -0.39 is 28.8 Å². The van der Waals surface area contributed by atoms with Crippen LogP contribution < -0.4 is 5.32 Å². The monoisotopic (exact) mass is 317 g/mol. The normalized spacial score (nSPS) is 11.3. The molecule has 2 aromatic carbocycles. The Bertz CT molecular complexity index is 694. The maximum atomic E-state index is 12.0. The van der Waals surface area contributed by atoms with E-state index in [-0.39, 0.29) is 12.1 Å². The number of nitrogens with one attached hydrogen (secondary N) is 1. The number of aromatic hydroxyl groups is 3. The minimum absolute atomic E-state index is 0.0333. The van der Waals surface area contributed by atoms with Crippen molar-refractivity contribution in [3.63, 3.8) is 0 Å². The van der Waals surface area contributed by atoms with Gasteiger partial charge < -0.3 is 25.7 Å². The summed E-state index contributed by atoms with van der Waals surface area (Å²) >= 11 is 0. The molecule has 0 aliphatic heterocycles. The Labute approximate surface area is 133 Å². The molecule has 6 nitrogen and oxygen atoms in total. The van der Waals surface area contributed by atoms with Gasteiger partial charge in [-0.1, -0.05) is 24.3 Å². The van der Waals surface area contributed by atoms with E-state index in [1.54, 1.807) is 38.1 Å². The molecule has 0 saturated carbocycles. The Morgan fingerprint density at radius 3 is 2.04 bits per heavy atom. The van der Waals surface area contributed by atoms with Gasteiger partial charge in [0.25, 0.3) is 5.91 Å².